The predicted molar refractivity (Wildman–Crippen MR) is 101 cm³/mol. The molecule has 0 aliphatic rings. The average Bonchev–Trinajstić information content (AvgIpc) is 2.57. The molecule has 0 bridgehead atoms. The van der Waals surface area contributed by atoms with Crippen LogP contribution in [0.5, 0.6) is 11.5 Å². The van der Waals surface area contributed by atoms with Crippen molar-refractivity contribution in [2.75, 3.05) is 13.7 Å². The van der Waals surface area contributed by atoms with E-state index in [0.29, 0.717) is 18.1 Å². The minimum Gasteiger partial charge on any atom is -0.493 e. The van der Waals surface area contributed by atoms with Crippen LogP contribution >= 0.6 is 34.2 Å². The highest BCUT2D eigenvalue weighted by Gasteiger charge is 2.11. The van der Waals surface area contributed by atoms with E-state index in [-0.39, 0.29) is 10.7 Å². The van der Waals surface area contributed by atoms with Gasteiger partial charge in [-0.15, -0.1) is 0 Å². The standard InChI is InChI=1S/C16H15ClIN3O3/c1-3-24-14-12(18)7-10(8-13(14)23-2)9-20-21-16(22)11-5-4-6-19-15(11)17/h4-9H,3H2,1-2H3,(H,21,22). The Morgan fingerprint density at radius 3 is 2.96 bits per heavy atom. The van der Waals surface area contributed by atoms with Gasteiger partial charge in [0.2, 0.25) is 0 Å². The summed E-state index contributed by atoms with van der Waals surface area (Å²) in [6.45, 7) is 2.45. The number of aromatic nitrogens is 1. The molecule has 6 nitrogen and oxygen atoms in total. The van der Waals surface area contributed by atoms with E-state index in [1.54, 1.807) is 25.3 Å². The minimum atomic E-state index is -0.433. The van der Waals surface area contributed by atoms with Crippen molar-refractivity contribution < 1.29 is 14.3 Å². The Morgan fingerprint density at radius 1 is 1.50 bits per heavy atom. The first-order valence-corrected chi connectivity index (χ1v) is 8.46. The second-order valence-corrected chi connectivity index (χ2v) is 6.03. The summed E-state index contributed by atoms with van der Waals surface area (Å²) in [5.74, 6) is 0.854. The Bertz CT molecular complexity index is 768. The lowest BCUT2D eigenvalue weighted by Gasteiger charge is -2.12. The number of carbonyl (C=O) groups excluding carboxylic acids is 1. The van der Waals surface area contributed by atoms with Crippen molar-refractivity contribution >= 4 is 46.3 Å². The second kappa shape index (κ2) is 8.84. The SMILES string of the molecule is CCOc1c(I)cc(C=NNC(=O)c2cccnc2Cl)cc1OC. The molecule has 0 saturated heterocycles. The van der Waals surface area contributed by atoms with E-state index < -0.39 is 5.91 Å². The number of pyridine rings is 1. The summed E-state index contributed by atoms with van der Waals surface area (Å²) >= 11 is 8.02. The lowest BCUT2D eigenvalue weighted by Crippen LogP contribution is -2.18. The van der Waals surface area contributed by atoms with Gasteiger partial charge >= 0.3 is 0 Å². The van der Waals surface area contributed by atoms with E-state index >= 15 is 0 Å². The van der Waals surface area contributed by atoms with Crippen LogP contribution in [-0.2, 0) is 0 Å². The van der Waals surface area contributed by atoms with Gasteiger partial charge in [-0.1, -0.05) is 11.6 Å². The van der Waals surface area contributed by atoms with E-state index in [4.69, 9.17) is 21.1 Å². The zero-order valence-corrected chi connectivity index (χ0v) is 16.0. The van der Waals surface area contributed by atoms with Gasteiger partial charge in [0.15, 0.2) is 11.5 Å². The summed E-state index contributed by atoms with van der Waals surface area (Å²) in [6.07, 6.45) is 3.03. The fraction of sp³-hybridized carbons (Fsp3) is 0.188. The lowest BCUT2D eigenvalue weighted by molar-refractivity contribution is 0.0955. The molecule has 0 unspecified atom stereocenters. The van der Waals surface area contributed by atoms with Crippen LogP contribution in [0.2, 0.25) is 5.15 Å². The van der Waals surface area contributed by atoms with Crippen LogP contribution in [-0.4, -0.2) is 30.8 Å². The molecule has 1 amide bonds. The van der Waals surface area contributed by atoms with Crippen molar-refractivity contribution in [3.8, 4) is 11.5 Å². The molecule has 0 atom stereocenters. The number of rotatable bonds is 6. The van der Waals surface area contributed by atoms with Crippen molar-refractivity contribution in [1.82, 2.24) is 10.4 Å². The van der Waals surface area contributed by atoms with Crippen LogP contribution in [0.1, 0.15) is 22.8 Å². The molecule has 1 aromatic heterocycles. The minimum absolute atomic E-state index is 0.127. The Hall–Kier alpha value is -1.87. The zero-order valence-electron chi connectivity index (χ0n) is 13.0. The summed E-state index contributed by atoms with van der Waals surface area (Å²) in [5, 5.41) is 4.07. The number of amides is 1. The van der Waals surface area contributed by atoms with Crippen LogP contribution in [0.25, 0.3) is 0 Å². The highest BCUT2D eigenvalue weighted by atomic mass is 127. The summed E-state index contributed by atoms with van der Waals surface area (Å²) in [7, 11) is 1.57. The quantitative estimate of drug-likeness (QED) is 0.311. The van der Waals surface area contributed by atoms with Gasteiger partial charge in [-0.25, -0.2) is 10.4 Å². The maximum absolute atomic E-state index is 12.0. The normalized spacial score (nSPS) is 10.7. The van der Waals surface area contributed by atoms with Crippen LogP contribution < -0.4 is 14.9 Å². The van der Waals surface area contributed by atoms with E-state index in [9.17, 15) is 4.79 Å². The van der Waals surface area contributed by atoms with Gasteiger partial charge in [0.05, 0.1) is 29.1 Å². The van der Waals surface area contributed by atoms with Gasteiger partial charge in [0.1, 0.15) is 5.15 Å². The molecule has 0 saturated carbocycles. The number of halogens is 2. The summed E-state index contributed by atoms with van der Waals surface area (Å²) in [5.41, 5.74) is 3.44. The molecule has 0 radical (unpaired) electrons. The Balaban J connectivity index is 2.13. The number of hydrazone groups is 1. The maximum Gasteiger partial charge on any atom is 0.274 e. The molecule has 0 spiro atoms. The fourth-order valence-electron chi connectivity index (χ4n) is 1.88. The van der Waals surface area contributed by atoms with E-state index in [1.807, 2.05) is 13.0 Å². The van der Waals surface area contributed by atoms with Gasteiger partial charge in [-0.3, -0.25) is 4.79 Å². The topological polar surface area (TPSA) is 72.8 Å². The number of hydrogen-bond donors (Lipinski definition) is 1. The second-order valence-electron chi connectivity index (χ2n) is 4.51. The molecular formula is C16H15ClIN3O3. The molecular weight excluding hydrogens is 445 g/mol. The van der Waals surface area contributed by atoms with E-state index in [0.717, 1.165) is 9.13 Å². The lowest BCUT2D eigenvalue weighted by atomic mass is 10.2. The molecule has 8 heteroatoms. The fourth-order valence-corrected chi connectivity index (χ4v) is 2.87. The molecule has 1 heterocycles. The first-order chi connectivity index (χ1) is 11.6. The molecule has 0 aliphatic carbocycles. The highest BCUT2D eigenvalue weighted by molar-refractivity contribution is 14.1. The van der Waals surface area contributed by atoms with Gasteiger partial charge < -0.3 is 9.47 Å². The van der Waals surface area contributed by atoms with Crippen molar-refractivity contribution in [2.24, 2.45) is 5.10 Å². The Labute approximate surface area is 158 Å². The van der Waals surface area contributed by atoms with E-state index in [1.165, 1.54) is 12.4 Å². The van der Waals surface area contributed by atoms with Crippen LogP contribution in [0, 0.1) is 3.57 Å². The largest absolute Gasteiger partial charge is 0.493 e. The van der Waals surface area contributed by atoms with Crippen molar-refractivity contribution in [3.05, 3.63) is 50.3 Å². The number of nitrogens with one attached hydrogen (secondary N) is 1. The molecule has 0 fully saturated rings. The molecule has 126 valence electrons. The monoisotopic (exact) mass is 459 g/mol. The first kappa shape index (κ1) is 18.5. The third-order valence-corrected chi connectivity index (χ3v) is 4.03. The average molecular weight is 460 g/mol. The molecule has 1 aromatic carbocycles. The van der Waals surface area contributed by atoms with Crippen molar-refractivity contribution in [2.45, 2.75) is 6.92 Å². The van der Waals surface area contributed by atoms with Crippen molar-refractivity contribution in [1.29, 1.82) is 0 Å². The van der Waals surface area contributed by atoms with Gasteiger partial charge in [0, 0.05) is 6.20 Å². The smallest absolute Gasteiger partial charge is 0.274 e. The number of benzene rings is 1. The number of hydrogen-bond acceptors (Lipinski definition) is 5. The van der Waals surface area contributed by atoms with Crippen LogP contribution in [0.3, 0.4) is 0 Å². The van der Waals surface area contributed by atoms with Gasteiger partial charge in [-0.2, -0.15) is 5.10 Å². The first-order valence-electron chi connectivity index (χ1n) is 7.01. The Morgan fingerprint density at radius 2 is 2.29 bits per heavy atom. The number of nitrogens with zero attached hydrogens (tertiary/aromatic N) is 2. The molecule has 2 aromatic rings. The Kier molecular flexibility index (Phi) is 6.80. The van der Waals surface area contributed by atoms with Gasteiger partial charge in [0.25, 0.3) is 5.91 Å². The maximum atomic E-state index is 12.0. The zero-order chi connectivity index (χ0) is 17.5. The third-order valence-electron chi connectivity index (χ3n) is 2.92. The summed E-state index contributed by atoms with van der Waals surface area (Å²) in [4.78, 5) is 15.8. The van der Waals surface area contributed by atoms with Gasteiger partial charge in [-0.05, 0) is 59.3 Å². The number of carbonyl (C=O) groups is 1. The molecule has 2 rings (SSSR count). The van der Waals surface area contributed by atoms with E-state index in [2.05, 4.69) is 38.1 Å². The summed E-state index contributed by atoms with van der Waals surface area (Å²) < 4.78 is 11.8. The molecule has 24 heavy (non-hydrogen) atoms. The van der Waals surface area contributed by atoms with Crippen molar-refractivity contribution in [3.63, 3.8) is 0 Å². The number of methoxy groups -OCH3 is 1. The predicted octanol–water partition coefficient (Wildman–Crippen LogP) is 3.51. The summed E-state index contributed by atoms with van der Waals surface area (Å²) in [6, 6.07) is 6.86. The molecule has 0 aliphatic heterocycles. The highest BCUT2D eigenvalue weighted by Crippen LogP contribution is 2.33. The van der Waals surface area contributed by atoms with Crippen LogP contribution in [0.4, 0.5) is 0 Å². The third kappa shape index (κ3) is 4.57. The van der Waals surface area contributed by atoms with Crippen LogP contribution in [0.15, 0.2) is 35.6 Å². The molecule has 1 N–H and O–H groups in total. The number of ether oxygens (including phenoxy) is 2.